The van der Waals surface area contributed by atoms with Crippen LogP contribution in [0.3, 0.4) is 0 Å². The number of hydrogen-bond donors (Lipinski definition) is 1. The fourth-order valence-corrected chi connectivity index (χ4v) is 2.42. The third-order valence-electron chi connectivity index (χ3n) is 3.29. The number of nitrogens with one attached hydrogen (secondary N) is 1. The second-order valence-corrected chi connectivity index (χ2v) is 6.08. The van der Waals surface area contributed by atoms with Crippen molar-refractivity contribution in [2.75, 3.05) is 0 Å². The first-order chi connectivity index (χ1) is 9.40. The molecule has 0 saturated heterocycles. The Morgan fingerprint density at radius 2 is 2.10 bits per heavy atom. The van der Waals surface area contributed by atoms with Crippen molar-refractivity contribution in [2.45, 2.75) is 58.5 Å². The minimum absolute atomic E-state index is 0.0163. The van der Waals surface area contributed by atoms with Crippen LogP contribution in [0.25, 0.3) is 0 Å². The zero-order chi connectivity index (χ0) is 14.8. The Morgan fingerprint density at radius 3 is 2.75 bits per heavy atom. The van der Waals surface area contributed by atoms with Gasteiger partial charge in [0.2, 0.25) is 0 Å². The van der Waals surface area contributed by atoms with E-state index in [1.807, 2.05) is 45.0 Å². The van der Waals surface area contributed by atoms with Gasteiger partial charge in [-0.05, 0) is 38.3 Å². The highest BCUT2D eigenvalue weighted by Crippen LogP contribution is 2.31. The topological polar surface area (TPSA) is 47.6 Å². The Labute approximate surface area is 120 Å². The summed E-state index contributed by atoms with van der Waals surface area (Å²) < 4.78 is 11.2. The molecule has 0 radical (unpaired) electrons. The van der Waals surface area contributed by atoms with E-state index in [1.165, 1.54) is 0 Å². The van der Waals surface area contributed by atoms with E-state index in [-0.39, 0.29) is 12.1 Å². The molecule has 2 atom stereocenters. The lowest BCUT2D eigenvalue weighted by atomic mass is 9.93. The van der Waals surface area contributed by atoms with Gasteiger partial charge in [-0.3, -0.25) is 0 Å². The summed E-state index contributed by atoms with van der Waals surface area (Å²) in [5.41, 5.74) is 1.75. The normalized spacial score (nSPS) is 22.0. The zero-order valence-corrected chi connectivity index (χ0v) is 12.6. The maximum Gasteiger partial charge on any atom is 0.408 e. The second-order valence-electron chi connectivity index (χ2n) is 6.08. The number of carbonyl (C=O) groups is 1. The molecule has 1 aromatic carbocycles. The summed E-state index contributed by atoms with van der Waals surface area (Å²) in [6.45, 7) is 8.23. The standard InChI is InChI=1S/C16H23NO3/c1-5-13-14(17-15(18)20-16(2,3)4)12-9-7-6-8-11(12)10-19-13/h6-9,13-14H,5,10H2,1-4H3,(H,17,18)/t13-,14+/m1/s1. The van der Waals surface area contributed by atoms with E-state index < -0.39 is 11.7 Å². The number of ether oxygens (including phenoxy) is 2. The molecule has 0 aromatic heterocycles. The molecule has 1 aliphatic rings. The Balaban J connectivity index is 2.17. The number of hydrogen-bond acceptors (Lipinski definition) is 3. The summed E-state index contributed by atoms with van der Waals surface area (Å²) in [5, 5.41) is 2.95. The van der Waals surface area contributed by atoms with E-state index >= 15 is 0 Å². The van der Waals surface area contributed by atoms with Gasteiger partial charge in [-0.2, -0.15) is 0 Å². The molecule has 2 rings (SSSR count). The van der Waals surface area contributed by atoms with Gasteiger partial charge in [0.15, 0.2) is 0 Å². The van der Waals surface area contributed by atoms with Crippen molar-refractivity contribution in [3.63, 3.8) is 0 Å². The molecule has 110 valence electrons. The first-order valence-electron chi connectivity index (χ1n) is 7.09. The van der Waals surface area contributed by atoms with Crippen LogP contribution in [0.1, 0.15) is 51.3 Å². The Kier molecular flexibility index (Phi) is 4.33. The van der Waals surface area contributed by atoms with Gasteiger partial charge in [0.25, 0.3) is 0 Å². The van der Waals surface area contributed by atoms with Gasteiger partial charge >= 0.3 is 6.09 Å². The lowest BCUT2D eigenvalue weighted by molar-refractivity contribution is -0.00905. The van der Waals surface area contributed by atoms with Crippen LogP contribution in [-0.4, -0.2) is 17.8 Å². The van der Waals surface area contributed by atoms with Crippen molar-refractivity contribution in [2.24, 2.45) is 0 Å². The van der Waals surface area contributed by atoms with Crippen LogP contribution in [0.5, 0.6) is 0 Å². The first kappa shape index (κ1) is 14.9. The number of rotatable bonds is 2. The van der Waals surface area contributed by atoms with Crippen LogP contribution < -0.4 is 5.32 Å². The van der Waals surface area contributed by atoms with E-state index in [4.69, 9.17) is 9.47 Å². The van der Waals surface area contributed by atoms with Crippen molar-refractivity contribution in [1.82, 2.24) is 5.32 Å². The van der Waals surface area contributed by atoms with E-state index in [1.54, 1.807) is 0 Å². The average molecular weight is 277 g/mol. The molecule has 0 bridgehead atoms. The van der Waals surface area contributed by atoms with Crippen LogP contribution in [0.2, 0.25) is 0 Å². The largest absolute Gasteiger partial charge is 0.444 e. The molecular weight excluding hydrogens is 254 g/mol. The van der Waals surface area contributed by atoms with Crippen LogP contribution in [0.15, 0.2) is 24.3 Å². The molecule has 0 saturated carbocycles. The number of benzene rings is 1. The summed E-state index contributed by atoms with van der Waals surface area (Å²) in [5.74, 6) is 0. The van der Waals surface area contributed by atoms with Crippen LogP contribution >= 0.6 is 0 Å². The molecule has 0 fully saturated rings. The molecule has 0 unspecified atom stereocenters. The molecule has 1 heterocycles. The van der Waals surface area contributed by atoms with Crippen molar-refractivity contribution >= 4 is 6.09 Å². The predicted molar refractivity (Wildman–Crippen MR) is 77.4 cm³/mol. The maximum absolute atomic E-state index is 12.0. The Bertz CT molecular complexity index is 479. The Hall–Kier alpha value is -1.55. The smallest absolute Gasteiger partial charge is 0.408 e. The number of alkyl carbamates (subject to hydrolysis) is 1. The van der Waals surface area contributed by atoms with Crippen molar-refractivity contribution < 1.29 is 14.3 Å². The van der Waals surface area contributed by atoms with E-state index in [2.05, 4.69) is 12.2 Å². The third-order valence-corrected chi connectivity index (χ3v) is 3.29. The fourth-order valence-electron chi connectivity index (χ4n) is 2.42. The second kappa shape index (κ2) is 5.83. The van der Waals surface area contributed by atoms with Crippen LogP contribution in [0.4, 0.5) is 4.79 Å². The highest BCUT2D eigenvalue weighted by Gasteiger charge is 2.31. The van der Waals surface area contributed by atoms with Crippen LogP contribution in [-0.2, 0) is 16.1 Å². The molecule has 1 N–H and O–H groups in total. The van der Waals surface area contributed by atoms with Gasteiger partial charge in [0.1, 0.15) is 5.60 Å². The molecule has 0 spiro atoms. The molecule has 0 aliphatic carbocycles. The minimum Gasteiger partial charge on any atom is -0.444 e. The summed E-state index contributed by atoms with van der Waals surface area (Å²) in [4.78, 5) is 12.0. The molecule has 1 aromatic rings. The van der Waals surface area contributed by atoms with Crippen molar-refractivity contribution in [3.8, 4) is 0 Å². The van der Waals surface area contributed by atoms with Gasteiger partial charge in [-0.1, -0.05) is 31.2 Å². The zero-order valence-electron chi connectivity index (χ0n) is 12.6. The highest BCUT2D eigenvalue weighted by atomic mass is 16.6. The lowest BCUT2D eigenvalue weighted by Gasteiger charge is -2.34. The molecule has 1 aliphatic heterocycles. The molecule has 4 nitrogen and oxygen atoms in total. The maximum atomic E-state index is 12.0. The van der Waals surface area contributed by atoms with Gasteiger partial charge in [-0.15, -0.1) is 0 Å². The summed E-state index contributed by atoms with van der Waals surface area (Å²) >= 11 is 0. The third kappa shape index (κ3) is 3.51. The van der Waals surface area contributed by atoms with E-state index in [0.717, 1.165) is 17.5 Å². The monoisotopic (exact) mass is 277 g/mol. The van der Waals surface area contributed by atoms with Gasteiger partial charge in [-0.25, -0.2) is 4.79 Å². The summed E-state index contributed by atoms with van der Waals surface area (Å²) in [7, 11) is 0. The lowest BCUT2D eigenvalue weighted by Crippen LogP contribution is -2.42. The summed E-state index contributed by atoms with van der Waals surface area (Å²) in [6.07, 6.45) is 0.424. The van der Waals surface area contributed by atoms with E-state index in [9.17, 15) is 4.79 Å². The average Bonchev–Trinajstić information content (AvgIpc) is 2.37. The highest BCUT2D eigenvalue weighted by molar-refractivity contribution is 5.68. The van der Waals surface area contributed by atoms with Crippen molar-refractivity contribution in [3.05, 3.63) is 35.4 Å². The number of fused-ring (bicyclic) bond motifs is 1. The first-order valence-corrected chi connectivity index (χ1v) is 7.09. The molecule has 1 amide bonds. The van der Waals surface area contributed by atoms with Gasteiger partial charge < -0.3 is 14.8 Å². The predicted octanol–water partition coefficient (Wildman–Crippen LogP) is 3.56. The molecule has 4 heteroatoms. The Morgan fingerprint density at radius 1 is 1.40 bits per heavy atom. The molecule has 20 heavy (non-hydrogen) atoms. The summed E-state index contributed by atoms with van der Waals surface area (Å²) in [6, 6.07) is 7.90. The van der Waals surface area contributed by atoms with Gasteiger partial charge in [0, 0.05) is 0 Å². The van der Waals surface area contributed by atoms with Crippen LogP contribution in [0, 0.1) is 0 Å². The van der Waals surface area contributed by atoms with Crippen molar-refractivity contribution in [1.29, 1.82) is 0 Å². The van der Waals surface area contributed by atoms with E-state index in [0.29, 0.717) is 6.61 Å². The number of carbonyl (C=O) groups excluding carboxylic acids is 1. The minimum atomic E-state index is -0.499. The SMILES string of the molecule is CC[C@H]1OCc2ccccc2[C@@H]1NC(=O)OC(C)(C)C. The fraction of sp³-hybridized carbons (Fsp3) is 0.562. The molecular formula is C16H23NO3. The van der Waals surface area contributed by atoms with Gasteiger partial charge in [0.05, 0.1) is 18.8 Å². The number of amides is 1. The quantitative estimate of drug-likeness (QED) is 0.899.